The summed E-state index contributed by atoms with van der Waals surface area (Å²) in [7, 11) is 2.01. The number of benzene rings is 2. The second-order valence-corrected chi connectivity index (χ2v) is 5.95. The summed E-state index contributed by atoms with van der Waals surface area (Å²) in [5, 5.41) is 0. The normalized spacial score (nSPS) is 15.0. The van der Waals surface area contributed by atoms with Crippen LogP contribution in [0.25, 0.3) is 0 Å². The van der Waals surface area contributed by atoms with Gasteiger partial charge < -0.3 is 4.90 Å². The van der Waals surface area contributed by atoms with Crippen molar-refractivity contribution in [2.24, 2.45) is 0 Å². The van der Waals surface area contributed by atoms with E-state index in [2.05, 4.69) is 23.1 Å². The Bertz CT molecular complexity index is 653. The smallest absolute Gasteiger partial charge is 0.244 e. The van der Waals surface area contributed by atoms with E-state index in [9.17, 15) is 4.79 Å². The van der Waals surface area contributed by atoms with Crippen LogP contribution in [0.3, 0.4) is 0 Å². The molecule has 2 aromatic carbocycles. The van der Waals surface area contributed by atoms with E-state index < -0.39 is 0 Å². The molecule has 1 aliphatic heterocycles. The molecule has 1 unspecified atom stereocenters. The van der Waals surface area contributed by atoms with E-state index in [4.69, 9.17) is 0 Å². The first-order chi connectivity index (χ1) is 10.7. The zero-order valence-corrected chi connectivity index (χ0v) is 13.2. The SMILES string of the molecule is CC(C(=O)N1CCc2ccccc21)N(C)Cc1ccccc1. The van der Waals surface area contributed by atoms with Crippen molar-refractivity contribution in [1.82, 2.24) is 4.90 Å². The van der Waals surface area contributed by atoms with Crippen LogP contribution in [0.4, 0.5) is 5.69 Å². The van der Waals surface area contributed by atoms with Gasteiger partial charge >= 0.3 is 0 Å². The van der Waals surface area contributed by atoms with Gasteiger partial charge in [0.25, 0.3) is 0 Å². The number of carbonyl (C=O) groups excluding carboxylic acids is 1. The molecule has 0 aromatic heterocycles. The summed E-state index contributed by atoms with van der Waals surface area (Å²) < 4.78 is 0. The summed E-state index contributed by atoms with van der Waals surface area (Å²) in [6, 6.07) is 18.3. The van der Waals surface area contributed by atoms with Crippen LogP contribution in [0.1, 0.15) is 18.1 Å². The maximum atomic E-state index is 12.8. The van der Waals surface area contributed by atoms with Crippen molar-refractivity contribution in [3.63, 3.8) is 0 Å². The van der Waals surface area contributed by atoms with Gasteiger partial charge in [0.1, 0.15) is 0 Å². The van der Waals surface area contributed by atoms with E-state index in [0.717, 1.165) is 25.2 Å². The molecule has 0 N–H and O–H groups in total. The number of amides is 1. The van der Waals surface area contributed by atoms with Crippen LogP contribution in [-0.4, -0.2) is 30.4 Å². The van der Waals surface area contributed by atoms with Gasteiger partial charge in [-0.1, -0.05) is 48.5 Å². The Morgan fingerprint density at radius 2 is 1.82 bits per heavy atom. The number of fused-ring (bicyclic) bond motifs is 1. The number of hydrogen-bond donors (Lipinski definition) is 0. The van der Waals surface area contributed by atoms with Crippen molar-refractivity contribution in [2.75, 3.05) is 18.5 Å². The molecule has 0 radical (unpaired) electrons. The van der Waals surface area contributed by atoms with Crippen LogP contribution >= 0.6 is 0 Å². The van der Waals surface area contributed by atoms with Crippen molar-refractivity contribution in [2.45, 2.75) is 25.9 Å². The zero-order chi connectivity index (χ0) is 15.5. The highest BCUT2D eigenvalue weighted by atomic mass is 16.2. The predicted molar refractivity (Wildman–Crippen MR) is 89.9 cm³/mol. The Kier molecular flexibility index (Phi) is 4.25. The topological polar surface area (TPSA) is 23.6 Å². The summed E-state index contributed by atoms with van der Waals surface area (Å²) >= 11 is 0. The highest BCUT2D eigenvalue weighted by Crippen LogP contribution is 2.28. The minimum Gasteiger partial charge on any atom is -0.310 e. The molecule has 0 saturated heterocycles. The second kappa shape index (κ2) is 6.32. The van der Waals surface area contributed by atoms with Crippen molar-refractivity contribution in [3.05, 3.63) is 65.7 Å². The zero-order valence-electron chi connectivity index (χ0n) is 13.2. The number of hydrogen-bond acceptors (Lipinski definition) is 2. The largest absolute Gasteiger partial charge is 0.310 e. The summed E-state index contributed by atoms with van der Waals surface area (Å²) in [6.07, 6.45) is 0.955. The Hall–Kier alpha value is -2.13. The standard InChI is InChI=1S/C19H22N2O/c1-15(20(2)14-16-8-4-3-5-9-16)19(22)21-13-12-17-10-6-7-11-18(17)21/h3-11,15H,12-14H2,1-2H3. The number of para-hydroxylation sites is 1. The second-order valence-electron chi connectivity index (χ2n) is 5.95. The van der Waals surface area contributed by atoms with Crippen LogP contribution in [0.5, 0.6) is 0 Å². The molecule has 3 heteroatoms. The fourth-order valence-corrected chi connectivity index (χ4v) is 2.99. The summed E-state index contributed by atoms with van der Waals surface area (Å²) in [5.41, 5.74) is 3.58. The monoisotopic (exact) mass is 294 g/mol. The van der Waals surface area contributed by atoms with Gasteiger partial charge in [0.2, 0.25) is 5.91 Å². The van der Waals surface area contributed by atoms with Gasteiger partial charge in [-0.15, -0.1) is 0 Å². The van der Waals surface area contributed by atoms with E-state index in [1.165, 1.54) is 11.1 Å². The molecular formula is C19H22N2O. The Morgan fingerprint density at radius 3 is 2.59 bits per heavy atom. The molecule has 0 saturated carbocycles. The average molecular weight is 294 g/mol. The molecule has 0 aliphatic carbocycles. The summed E-state index contributed by atoms with van der Waals surface area (Å²) in [6.45, 7) is 3.57. The van der Waals surface area contributed by atoms with Crippen LogP contribution < -0.4 is 4.90 Å². The quantitative estimate of drug-likeness (QED) is 0.865. The molecule has 3 rings (SSSR count). The van der Waals surface area contributed by atoms with Crippen LogP contribution in [0.2, 0.25) is 0 Å². The predicted octanol–water partition coefficient (Wildman–Crippen LogP) is 3.10. The van der Waals surface area contributed by atoms with Gasteiger partial charge in [-0.2, -0.15) is 0 Å². The fraction of sp³-hybridized carbons (Fsp3) is 0.316. The third-order valence-corrected chi connectivity index (χ3v) is 4.45. The fourth-order valence-electron chi connectivity index (χ4n) is 2.99. The number of likely N-dealkylation sites (N-methyl/N-ethyl adjacent to an activating group) is 1. The lowest BCUT2D eigenvalue weighted by Crippen LogP contribution is -2.44. The summed E-state index contributed by atoms with van der Waals surface area (Å²) in [4.78, 5) is 16.9. The lowest BCUT2D eigenvalue weighted by Gasteiger charge is -2.28. The molecule has 22 heavy (non-hydrogen) atoms. The molecule has 0 fully saturated rings. The minimum absolute atomic E-state index is 0.133. The van der Waals surface area contributed by atoms with E-state index in [0.29, 0.717) is 0 Å². The van der Waals surface area contributed by atoms with Gasteiger partial charge in [-0.25, -0.2) is 0 Å². The van der Waals surface area contributed by atoms with E-state index in [1.54, 1.807) is 0 Å². The van der Waals surface area contributed by atoms with Gasteiger partial charge in [-0.05, 0) is 37.6 Å². The number of nitrogens with zero attached hydrogens (tertiary/aromatic N) is 2. The van der Waals surface area contributed by atoms with E-state index in [-0.39, 0.29) is 11.9 Å². The minimum atomic E-state index is -0.133. The Balaban J connectivity index is 1.70. The number of carbonyl (C=O) groups is 1. The highest BCUT2D eigenvalue weighted by Gasteiger charge is 2.29. The molecule has 114 valence electrons. The third kappa shape index (κ3) is 2.90. The van der Waals surface area contributed by atoms with Crippen molar-refractivity contribution in [3.8, 4) is 0 Å². The van der Waals surface area contributed by atoms with Gasteiger partial charge in [0, 0.05) is 18.8 Å². The third-order valence-electron chi connectivity index (χ3n) is 4.45. The van der Waals surface area contributed by atoms with E-state index >= 15 is 0 Å². The maximum absolute atomic E-state index is 12.8. The first-order valence-corrected chi connectivity index (χ1v) is 7.80. The first kappa shape index (κ1) is 14.8. The summed E-state index contributed by atoms with van der Waals surface area (Å²) in [5.74, 6) is 0.184. The molecular weight excluding hydrogens is 272 g/mol. The van der Waals surface area contributed by atoms with Gasteiger partial charge in [0.15, 0.2) is 0 Å². The molecule has 0 spiro atoms. The lowest BCUT2D eigenvalue weighted by molar-refractivity contribution is -0.122. The lowest BCUT2D eigenvalue weighted by atomic mass is 10.1. The molecule has 1 atom stereocenters. The highest BCUT2D eigenvalue weighted by molar-refractivity contribution is 5.98. The van der Waals surface area contributed by atoms with Crippen LogP contribution in [0.15, 0.2) is 54.6 Å². The molecule has 1 aliphatic rings. The molecule has 1 heterocycles. The molecule has 3 nitrogen and oxygen atoms in total. The number of rotatable bonds is 4. The maximum Gasteiger partial charge on any atom is 0.244 e. The molecule has 1 amide bonds. The van der Waals surface area contributed by atoms with Crippen molar-refractivity contribution >= 4 is 11.6 Å². The number of anilines is 1. The van der Waals surface area contributed by atoms with Gasteiger partial charge in [-0.3, -0.25) is 9.69 Å². The molecule has 2 aromatic rings. The van der Waals surface area contributed by atoms with Crippen LogP contribution in [0, 0.1) is 0 Å². The van der Waals surface area contributed by atoms with Crippen LogP contribution in [-0.2, 0) is 17.8 Å². The van der Waals surface area contributed by atoms with Crippen molar-refractivity contribution in [1.29, 1.82) is 0 Å². The Morgan fingerprint density at radius 1 is 1.14 bits per heavy atom. The average Bonchev–Trinajstić information content (AvgIpc) is 2.98. The van der Waals surface area contributed by atoms with Gasteiger partial charge in [0.05, 0.1) is 6.04 Å². The van der Waals surface area contributed by atoms with Crippen molar-refractivity contribution < 1.29 is 4.79 Å². The molecule has 0 bridgehead atoms. The van der Waals surface area contributed by atoms with E-state index in [1.807, 2.05) is 55.3 Å². The Labute approximate surface area is 132 Å². The first-order valence-electron chi connectivity index (χ1n) is 7.80.